The van der Waals surface area contributed by atoms with Crippen LogP contribution in [0.15, 0.2) is 82.3 Å². The highest BCUT2D eigenvalue weighted by Gasteiger charge is 2.41. The predicted octanol–water partition coefficient (Wildman–Crippen LogP) is 4.33. The Bertz CT molecular complexity index is 1740. The number of rotatable bonds is 12. The first-order valence-corrected chi connectivity index (χ1v) is 16.5. The second kappa shape index (κ2) is 14.0. The van der Waals surface area contributed by atoms with Crippen molar-refractivity contribution in [1.82, 2.24) is 14.5 Å². The van der Waals surface area contributed by atoms with E-state index in [0.29, 0.717) is 37.2 Å². The number of morpholine rings is 1. The molecular formula is C33H36FN3O7S. The number of hydrogen-bond donors (Lipinski definition) is 1. The minimum Gasteiger partial charge on any atom is -0.492 e. The molecule has 0 aliphatic carbocycles. The van der Waals surface area contributed by atoms with E-state index in [-0.39, 0.29) is 23.8 Å². The Morgan fingerprint density at radius 2 is 1.69 bits per heavy atom. The number of nitrogens with one attached hydrogen (secondary N) is 1. The van der Waals surface area contributed by atoms with Crippen LogP contribution in [-0.2, 0) is 32.7 Å². The fourth-order valence-electron chi connectivity index (χ4n) is 5.58. The Morgan fingerprint density at radius 1 is 0.933 bits per heavy atom. The topological polar surface area (TPSA) is 111 Å². The van der Waals surface area contributed by atoms with Gasteiger partial charge in [0.25, 0.3) is 10.0 Å². The maximum Gasteiger partial charge on any atom is 0.277 e. The Labute approximate surface area is 261 Å². The van der Waals surface area contributed by atoms with Crippen molar-refractivity contribution in [2.45, 2.75) is 37.1 Å². The SMILES string of the molecule is O=C(NCc1cccc(OCc2cccc(OCCN3CCOCC3)c2)c1)[C@@H]1CCCN1S(=O)(=O)c1cc2cc(F)ccc2o1. The van der Waals surface area contributed by atoms with Gasteiger partial charge >= 0.3 is 0 Å². The highest BCUT2D eigenvalue weighted by atomic mass is 32.2. The Kier molecular flexibility index (Phi) is 9.64. The van der Waals surface area contributed by atoms with Crippen LogP contribution in [0.25, 0.3) is 11.0 Å². The summed E-state index contributed by atoms with van der Waals surface area (Å²) in [7, 11) is -4.10. The Morgan fingerprint density at radius 3 is 2.51 bits per heavy atom. The molecule has 0 spiro atoms. The maximum absolute atomic E-state index is 13.6. The lowest BCUT2D eigenvalue weighted by Gasteiger charge is -2.26. The zero-order valence-electron chi connectivity index (χ0n) is 24.8. The minimum absolute atomic E-state index is 0.190. The van der Waals surface area contributed by atoms with Gasteiger partial charge in [0.05, 0.1) is 13.2 Å². The quantitative estimate of drug-likeness (QED) is 0.245. The summed E-state index contributed by atoms with van der Waals surface area (Å²) in [6.45, 7) is 5.57. The predicted molar refractivity (Wildman–Crippen MR) is 165 cm³/mol. The lowest BCUT2D eigenvalue weighted by Crippen LogP contribution is -2.45. The van der Waals surface area contributed by atoms with E-state index in [1.807, 2.05) is 48.5 Å². The molecule has 238 valence electrons. The van der Waals surface area contributed by atoms with Gasteiger partial charge in [-0.15, -0.1) is 0 Å². The summed E-state index contributed by atoms with van der Waals surface area (Å²) in [6, 6.07) is 19.4. The molecule has 6 rings (SSSR count). The van der Waals surface area contributed by atoms with Crippen molar-refractivity contribution in [2.24, 2.45) is 0 Å². The Hall–Kier alpha value is -3.97. The van der Waals surface area contributed by atoms with Crippen molar-refractivity contribution in [3.05, 3.63) is 89.7 Å². The summed E-state index contributed by atoms with van der Waals surface area (Å²) in [5.74, 6) is 0.550. The molecule has 0 bridgehead atoms. The van der Waals surface area contributed by atoms with E-state index in [9.17, 15) is 17.6 Å². The number of halogens is 1. The van der Waals surface area contributed by atoms with Gasteiger partial charge in [-0.2, -0.15) is 4.31 Å². The zero-order valence-corrected chi connectivity index (χ0v) is 25.6. The molecule has 0 unspecified atom stereocenters. The number of sulfonamides is 1. The van der Waals surface area contributed by atoms with Crippen molar-refractivity contribution in [3.8, 4) is 11.5 Å². The van der Waals surface area contributed by atoms with E-state index in [4.69, 9.17) is 18.6 Å². The molecular weight excluding hydrogens is 601 g/mol. The molecule has 12 heteroatoms. The summed E-state index contributed by atoms with van der Waals surface area (Å²) in [4.78, 5) is 15.5. The van der Waals surface area contributed by atoms with Crippen molar-refractivity contribution in [1.29, 1.82) is 0 Å². The van der Waals surface area contributed by atoms with E-state index in [2.05, 4.69) is 10.2 Å². The van der Waals surface area contributed by atoms with Crippen LogP contribution in [-0.4, -0.2) is 75.6 Å². The molecule has 3 heterocycles. The fraction of sp³-hybridized carbons (Fsp3) is 0.364. The molecule has 1 N–H and O–H groups in total. The molecule has 10 nitrogen and oxygen atoms in total. The summed E-state index contributed by atoms with van der Waals surface area (Å²) in [5.41, 5.74) is 2.04. The lowest BCUT2D eigenvalue weighted by molar-refractivity contribution is -0.124. The van der Waals surface area contributed by atoms with Gasteiger partial charge in [0.2, 0.25) is 11.0 Å². The molecule has 1 amide bonds. The number of nitrogens with zero attached hydrogens (tertiary/aromatic N) is 2. The smallest absolute Gasteiger partial charge is 0.277 e. The van der Waals surface area contributed by atoms with Crippen LogP contribution in [0.3, 0.4) is 0 Å². The van der Waals surface area contributed by atoms with Gasteiger partial charge in [0.1, 0.15) is 42.2 Å². The first-order chi connectivity index (χ1) is 21.8. The second-order valence-corrected chi connectivity index (χ2v) is 12.9. The molecule has 2 saturated heterocycles. The highest BCUT2D eigenvalue weighted by Crippen LogP contribution is 2.30. The third-order valence-corrected chi connectivity index (χ3v) is 9.74. The number of furan rings is 1. The minimum atomic E-state index is -4.10. The van der Waals surface area contributed by atoms with Crippen LogP contribution in [0.5, 0.6) is 11.5 Å². The van der Waals surface area contributed by atoms with E-state index < -0.39 is 27.8 Å². The molecule has 2 aliphatic heterocycles. The molecule has 3 aromatic carbocycles. The summed E-state index contributed by atoms with van der Waals surface area (Å²) >= 11 is 0. The van der Waals surface area contributed by atoms with Crippen LogP contribution in [0, 0.1) is 5.82 Å². The largest absolute Gasteiger partial charge is 0.492 e. The maximum atomic E-state index is 13.6. The molecule has 4 aromatic rings. The van der Waals surface area contributed by atoms with Gasteiger partial charge in [-0.05, 0) is 66.4 Å². The normalized spacial score (nSPS) is 17.8. The van der Waals surface area contributed by atoms with Gasteiger partial charge < -0.3 is 23.9 Å². The monoisotopic (exact) mass is 637 g/mol. The molecule has 1 atom stereocenters. The summed E-state index contributed by atoms with van der Waals surface area (Å²) < 4.78 is 64.4. The van der Waals surface area contributed by atoms with E-state index in [1.54, 1.807) is 0 Å². The highest BCUT2D eigenvalue weighted by molar-refractivity contribution is 7.89. The number of amides is 1. The number of benzene rings is 3. The van der Waals surface area contributed by atoms with Gasteiger partial charge in [0.15, 0.2) is 0 Å². The van der Waals surface area contributed by atoms with Crippen LogP contribution < -0.4 is 14.8 Å². The Balaban J connectivity index is 1.01. The van der Waals surface area contributed by atoms with E-state index in [1.165, 1.54) is 24.3 Å². The lowest BCUT2D eigenvalue weighted by atomic mass is 10.2. The zero-order chi connectivity index (χ0) is 31.2. The number of carbonyl (C=O) groups is 1. The van der Waals surface area contributed by atoms with Crippen molar-refractivity contribution in [3.63, 3.8) is 0 Å². The molecule has 45 heavy (non-hydrogen) atoms. The average Bonchev–Trinajstić information content (AvgIpc) is 3.72. The molecule has 2 aliphatic rings. The first-order valence-electron chi connectivity index (χ1n) is 15.1. The second-order valence-electron chi connectivity index (χ2n) is 11.1. The molecule has 0 radical (unpaired) electrons. The number of hydrogen-bond acceptors (Lipinski definition) is 8. The third kappa shape index (κ3) is 7.64. The average molecular weight is 638 g/mol. The van der Waals surface area contributed by atoms with E-state index >= 15 is 0 Å². The fourth-order valence-corrected chi connectivity index (χ4v) is 7.19. The van der Waals surface area contributed by atoms with Crippen LogP contribution in [0.1, 0.15) is 24.0 Å². The third-order valence-electron chi connectivity index (χ3n) is 7.97. The summed E-state index contributed by atoms with van der Waals surface area (Å²) in [5, 5.41) is 2.91. The van der Waals surface area contributed by atoms with Gasteiger partial charge in [-0.1, -0.05) is 24.3 Å². The number of carbonyl (C=O) groups excluding carboxylic acids is 1. The van der Waals surface area contributed by atoms with Gasteiger partial charge in [-0.25, -0.2) is 12.8 Å². The molecule has 1 aromatic heterocycles. The van der Waals surface area contributed by atoms with Crippen molar-refractivity contribution in [2.75, 3.05) is 46.0 Å². The van der Waals surface area contributed by atoms with Crippen LogP contribution in [0.2, 0.25) is 0 Å². The summed E-state index contributed by atoms with van der Waals surface area (Å²) in [6.07, 6.45) is 0.925. The first kappa shape index (κ1) is 31.0. The van der Waals surface area contributed by atoms with E-state index in [0.717, 1.165) is 54.0 Å². The van der Waals surface area contributed by atoms with Crippen LogP contribution in [0.4, 0.5) is 4.39 Å². The van der Waals surface area contributed by atoms with Crippen molar-refractivity contribution >= 4 is 26.9 Å². The number of ether oxygens (including phenoxy) is 3. The standard InChI is InChI=1S/C33H36FN3O7S/c34-27-9-10-31-26(20-27)21-32(44-31)45(39,40)37-11-3-8-30(37)33(38)35-22-24-4-1-7-29(18-24)43-23-25-5-2-6-28(19-25)42-17-14-36-12-15-41-16-13-36/h1-2,4-7,9-10,18-21,30H,3,8,11-17,22-23H2,(H,35,38)/t30-/m0/s1. The molecule has 2 fully saturated rings. The van der Waals surface area contributed by atoms with Crippen LogP contribution >= 0.6 is 0 Å². The molecule has 0 saturated carbocycles. The van der Waals surface area contributed by atoms with Gasteiger partial charge in [0, 0.05) is 44.2 Å². The number of fused-ring (bicyclic) bond motifs is 1. The van der Waals surface area contributed by atoms with Gasteiger partial charge in [-0.3, -0.25) is 9.69 Å². The van der Waals surface area contributed by atoms with Crippen molar-refractivity contribution < 1.29 is 36.2 Å².